The number of hydrogen-bond donors (Lipinski definition) is 0. The second-order valence-corrected chi connectivity index (χ2v) is 6.37. The van der Waals surface area contributed by atoms with E-state index >= 15 is 0 Å². The van der Waals surface area contributed by atoms with Crippen molar-refractivity contribution in [2.24, 2.45) is 0 Å². The first kappa shape index (κ1) is 14.4. The number of rotatable bonds is 5. The van der Waals surface area contributed by atoms with Gasteiger partial charge in [-0.05, 0) is 31.2 Å². The number of nitrogens with zero attached hydrogens (tertiary/aromatic N) is 2. The highest BCUT2D eigenvalue weighted by Gasteiger charge is 2.21. The Kier molecular flexibility index (Phi) is 4.44. The Hall–Kier alpha value is -1.55. The molecule has 110 valence electrons. The van der Waals surface area contributed by atoms with Crippen molar-refractivity contribution >= 4 is 11.8 Å². The summed E-state index contributed by atoms with van der Waals surface area (Å²) in [5, 5.41) is 0.948. The zero-order valence-corrected chi connectivity index (χ0v) is 13.2. The lowest BCUT2D eigenvalue weighted by Crippen LogP contribution is -2.27. The van der Waals surface area contributed by atoms with Gasteiger partial charge in [0, 0.05) is 23.6 Å². The van der Waals surface area contributed by atoms with Gasteiger partial charge in [-0.15, -0.1) is 11.8 Å². The van der Waals surface area contributed by atoms with Crippen LogP contribution in [0.25, 0.3) is 0 Å². The van der Waals surface area contributed by atoms with E-state index in [-0.39, 0.29) is 5.69 Å². The predicted molar refractivity (Wildman–Crippen MR) is 86.8 cm³/mol. The van der Waals surface area contributed by atoms with E-state index in [1.54, 1.807) is 11.8 Å². The zero-order chi connectivity index (χ0) is 14.7. The zero-order valence-electron chi connectivity index (χ0n) is 12.3. The van der Waals surface area contributed by atoms with E-state index in [2.05, 4.69) is 24.0 Å². The Morgan fingerprint density at radius 1 is 1.24 bits per heavy atom. The highest BCUT2D eigenvalue weighted by molar-refractivity contribution is 7.98. The first-order valence-electron chi connectivity index (χ1n) is 7.59. The molecule has 3 nitrogen and oxygen atoms in total. The van der Waals surface area contributed by atoms with Crippen molar-refractivity contribution < 1.29 is 0 Å². The number of aromatic nitrogens is 2. The molecule has 0 N–H and O–H groups in total. The number of hydrogen-bond acceptors (Lipinski definition) is 3. The van der Waals surface area contributed by atoms with Crippen molar-refractivity contribution in [1.29, 1.82) is 0 Å². The minimum atomic E-state index is -0.0759. The maximum Gasteiger partial charge on any atom is 0.348 e. The monoisotopic (exact) mass is 300 g/mol. The van der Waals surface area contributed by atoms with Gasteiger partial charge in [0.2, 0.25) is 0 Å². The largest absolute Gasteiger partial charge is 0.348 e. The molecule has 0 bridgehead atoms. The van der Waals surface area contributed by atoms with Crippen LogP contribution in [-0.4, -0.2) is 9.55 Å². The van der Waals surface area contributed by atoms with Crippen LogP contribution in [0.3, 0.4) is 0 Å². The van der Waals surface area contributed by atoms with Crippen molar-refractivity contribution in [1.82, 2.24) is 9.55 Å². The van der Waals surface area contributed by atoms with E-state index in [4.69, 9.17) is 0 Å². The Labute approximate surface area is 129 Å². The fourth-order valence-corrected chi connectivity index (χ4v) is 3.92. The van der Waals surface area contributed by atoms with Gasteiger partial charge in [-0.25, -0.2) is 4.79 Å². The standard InChI is InChI=1S/C17H20N2OS/c1-2-11-19-15-10-6-9-14(15)16(18-17(19)20)21-12-13-7-4-3-5-8-13/h3-5,7-8H,2,6,9-12H2,1H3. The second kappa shape index (κ2) is 6.48. The lowest BCUT2D eigenvalue weighted by Gasteiger charge is -2.13. The summed E-state index contributed by atoms with van der Waals surface area (Å²) in [5.74, 6) is 0.873. The summed E-state index contributed by atoms with van der Waals surface area (Å²) in [4.78, 5) is 16.6. The van der Waals surface area contributed by atoms with Crippen LogP contribution in [0.1, 0.15) is 36.6 Å². The normalized spacial score (nSPS) is 13.4. The summed E-state index contributed by atoms with van der Waals surface area (Å²) in [7, 11) is 0. The van der Waals surface area contributed by atoms with Gasteiger partial charge in [0.05, 0.1) is 0 Å². The molecule has 4 heteroatoms. The predicted octanol–water partition coefficient (Wildman–Crippen LogP) is 3.43. The molecule has 0 fully saturated rings. The first-order chi connectivity index (χ1) is 10.3. The third-order valence-corrected chi connectivity index (χ3v) is 4.96. The van der Waals surface area contributed by atoms with Crippen LogP contribution in [0.5, 0.6) is 0 Å². The molecule has 0 saturated heterocycles. The van der Waals surface area contributed by atoms with E-state index < -0.39 is 0 Å². The summed E-state index contributed by atoms with van der Waals surface area (Å²) in [6, 6.07) is 10.4. The van der Waals surface area contributed by atoms with Gasteiger partial charge in [-0.2, -0.15) is 4.98 Å². The highest BCUT2D eigenvalue weighted by atomic mass is 32.2. The molecular formula is C17H20N2OS. The third-order valence-electron chi connectivity index (χ3n) is 3.87. The van der Waals surface area contributed by atoms with Crippen molar-refractivity contribution in [3.63, 3.8) is 0 Å². The van der Waals surface area contributed by atoms with Gasteiger partial charge in [-0.1, -0.05) is 37.3 Å². The molecule has 0 spiro atoms. The van der Waals surface area contributed by atoms with Crippen LogP contribution in [0.15, 0.2) is 40.2 Å². The van der Waals surface area contributed by atoms with Gasteiger partial charge in [0.15, 0.2) is 0 Å². The van der Waals surface area contributed by atoms with Crippen molar-refractivity contribution in [2.45, 2.75) is 49.9 Å². The first-order valence-corrected chi connectivity index (χ1v) is 8.57. The molecule has 1 aliphatic carbocycles. The summed E-state index contributed by atoms with van der Waals surface area (Å²) in [5.41, 5.74) is 3.73. The third kappa shape index (κ3) is 3.05. The maximum atomic E-state index is 12.2. The Bertz CT molecular complexity index is 679. The molecular weight excluding hydrogens is 280 g/mol. The van der Waals surface area contributed by atoms with Crippen LogP contribution in [0.2, 0.25) is 0 Å². The quantitative estimate of drug-likeness (QED) is 0.627. The van der Waals surface area contributed by atoms with Crippen molar-refractivity contribution in [3.05, 3.63) is 57.6 Å². The summed E-state index contributed by atoms with van der Waals surface area (Å²) < 4.78 is 1.88. The summed E-state index contributed by atoms with van der Waals surface area (Å²) in [6.07, 6.45) is 4.20. The molecule has 1 aromatic heterocycles. The van der Waals surface area contributed by atoms with Gasteiger partial charge in [0.1, 0.15) is 5.03 Å². The number of benzene rings is 1. The minimum Gasteiger partial charge on any atom is -0.296 e. The molecule has 21 heavy (non-hydrogen) atoms. The molecule has 0 atom stereocenters. The summed E-state index contributed by atoms with van der Waals surface area (Å²) in [6.45, 7) is 2.89. The fraction of sp³-hybridized carbons (Fsp3) is 0.412. The van der Waals surface area contributed by atoms with Crippen molar-refractivity contribution in [2.75, 3.05) is 0 Å². The number of fused-ring (bicyclic) bond motifs is 1. The molecule has 0 amide bonds. The molecule has 1 aromatic carbocycles. The van der Waals surface area contributed by atoms with Crippen LogP contribution < -0.4 is 5.69 Å². The van der Waals surface area contributed by atoms with E-state index in [1.165, 1.54) is 16.8 Å². The van der Waals surface area contributed by atoms with E-state index in [9.17, 15) is 4.79 Å². The minimum absolute atomic E-state index is 0.0759. The van der Waals surface area contributed by atoms with Gasteiger partial charge in [0.25, 0.3) is 0 Å². The molecule has 1 heterocycles. The van der Waals surface area contributed by atoms with Crippen LogP contribution in [0, 0.1) is 0 Å². The second-order valence-electron chi connectivity index (χ2n) is 5.40. The van der Waals surface area contributed by atoms with Gasteiger partial charge in [-0.3, -0.25) is 4.57 Å². The molecule has 0 unspecified atom stereocenters. The van der Waals surface area contributed by atoms with Crippen LogP contribution >= 0.6 is 11.8 Å². The number of thioether (sulfide) groups is 1. The van der Waals surface area contributed by atoms with E-state index in [1.807, 2.05) is 22.8 Å². The smallest absolute Gasteiger partial charge is 0.296 e. The molecule has 1 aliphatic rings. The molecule has 2 aromatic rings. The Morgan fingerprint density at radius 2 is 2.05 bits per heavy atom. The average Bonchev–Trinajstić information content (AvgIpc) is 2.99. The maximum absolute atomic E-state index is 12.2. The molecule has 0 radical (unpaired) electrons. The molecule has 0 aliphatic heterocycles. The Morgan fingerprint density at radius 3 is 2.81 bits per heavy atom. The lowest BCUT2D eigenvalue weighted by molar-refractivity contribution is 0.597. The van der Waals surface area contributed by atoms with E-state index in [0.29, 0.717) is 0 Å². The Balaban J connectivity index is 1.88. The SMILES string of the molecule is CCCn1c2c(c(SCc3ccccc3)nc1=O)CCC2. The van der Waals surface area contributed by atoms with Crippen LogP contribution in [-0.2, 0) is 25.1 Å². The highest BCUT2D eigenvalue weighted by Crippen LogP contribution is 2.30. The fourth-order valence-electron chi connectivity index (χ4n) is 2.89. The van der Waals surface area contributed by atoms with E-state index in [0.717, 1.165) is 43.0 Å². The van der Waals surface area contributed by atoms with Gasteiger partial charge >= 0.3 is 5.69 Å². The van der Waals surface area contributed by atoms with Gasteiger partial charge < -0.3 is 0 Å². The molecule has 0 saturated carbocycles. The topological polar surface area (TPSA) is 34.9 Å². The van der Waals surface area contributed by atoms with Crippen molar-refractivity contribution in [3.8, 4) is 0 Å². The summed E-state index contributed by atoms with van der Waals surface area (Å²) >= 11 is 1.70. The lowest BCUT2D eigenvalue weighted by atomic mass is 10.2. The van der Waals surface area contributed by atoms with Crippen LogP contribution in [0.4, 0.5) is 0 Å². The molecule has 3 rings (SSSR count). The average molecular weight is 300 g/mol.